The molecule has 2 aromatic carbocycles. The van der Waals surface area contributed by atoms with Crippen molar-refractivity contribution in [1.29, 1.82) is 0 Å². The number of rotatable bonds is 6. The van der Waals surface area contributed by atoms with Gasteiger partial charge < -0.3 is 14.8 Å². The third kappa shape index (κ3) is 5.20. The van der Waals surface area contributed by atoms with E-state index in [9.17, 15) is 14.0 Å². The maximum Gasteiger partial charge on any atom is 0.311 e. The van der Waals surface area contributed by atoms with Crippen LogP contribution in [0.25, 0.3) is 0 Å². The standard InChI is InChI=1S/C19H19ClFNO4/c1-11-7-16(17(25-3)10-15(11)20)22-19(24)12(2)26-18(23)9-13-5-4-6-14(21)8-13/h4-8,10,12H,9H2,1-3H3,(H,22,24)/t12-/m1/s1. The van der Waals surface area contributed by atoms with Gasteiger partial charge in [0, 0.05) is 11.1 Å². The Bertz CT molecular complexity index is 825. The zero-order valence-electron chi connectivity index (χ0n) is 14.6. The smallest absolute Gasteiger partial charge is 0.311 e. The lowest BCUT2D eigenvalue weighted by Gasteiger charge is -2.16. The third-order valence-corrected chi connectivity index (χ3v) is 4.06. The Kier molecular flexibility index (Phi) is 6.58. The van der Waals surface area contributed by atoms with Crippen LogP contribution in [0.5, 0.6) is 5.75 Å². The van der Waals surface area contributed by atoms with Crippen LogP contribution in [-0.4, -0.2) is 25.1 Å². The highest BCUT2D eigenvalue weighted by Crippen LogP contribution is 2.31. The lowest BCUT2D eigenvalue weighted by Crippen LogP contribution is -2.30. The van der Waals surface area contributed by atoms with Crippen LogP contribution in [-0.2, 0) is 20.7 Å². The number of carbonyl (C=O) groups is 2. The first-order valence-corrected chi connectivity index (χ1v) is 8.27. The average Bonchev–Trinajstić information content (AvgIpc) is 2.57. The summed E-state index contributed by atoms with van der Waals surface area (Å²) < 4.78 is 23.5. The highest BCUT2D eigenvalue weighted by molar-refractivity contribution is 6.31. The molecule has 2 aromatic rings. The summed E-state index contributed by atoms with van der Waals surface area (Å²) in [5.41, 5.74) is 1.66. The summed E-state index contributed by atoms with van der Waals surface area (Å²) in [4.78, 5) is 24.2. The van der Waals surface area contributed by atoms with Crippen molar-refractivity contribution in [2.45, 2.75) is 26.4 Å². The average molecular weight is 380 g/mol. The van der Waals surface area contributed by atoms with Crippen LogP contribution in [0, 0.1) is 12.7 Å². The summed E-state index contributed by atoms with van der Waals surface area (Å²) in [6, 6.07) is 8.90. The largest absolute Gasteiger partial charge is 0.495 e. The molecule has 0 spiro atoms. The fourth-order valence-corrected chi connectivity index (χ4v) is 2.42. The first kappa shape index (κ1) is 19.7. The number of benzene rings is 2. The molecule has 0 aromatic heterocycles. The Morgan fingerprint density at radius 1 is 1.27 bits per heavy atom. The molecular formula is C19H19ClFNO4. The SMILES string of the molecule is COc1cc(Cl)c(C)cc1NC(=O)[C@@H](C)OC(=O)Cc1cccc(F)c1. The number of amides is 1. The summed E-state index contributed by atoms with van der Waals surface area (Å²) in [6.45, 7) is 3.24. The number of methoxy groups -OCH3 is 1. The maximum atomic E-state index is 13.1. The van der Waals surface area contributed by atoms with E-state index in [2.05, 4.69) is 5.32 Å². The first-order chi connectivity index (χ1) is 12.3. The van der Waals surface area contributed by atoms with E-state index < -0.39 is 23.8 Å². The number of halogens is 2. The summed E-state index contributed by atoms with van der Waals surface area (Å²) in [6.07, 6.45) is -1.16. The van der Waals surface area contributed by atoms with Crippen molar-refractivity contribution >= 4 is 29.2 Å². The van der Waals surface area contributed by atoms with Gasteiger partial charge in [0.2, 0.25) is 0 Å². The number of esters is 1. The van der Waals surface area contributed by atoms with Gasteiger partial charge in [0.25, 0.3) is 5.91 Å². The minimum atomic E-state index is -1.03. The molecule has 1 atom stereocenters. The van der Waals surface area contributed by atoms with Crippen molar-refractivity contribution in [2.75, 3.05) is 12.4 Å². The summed E-state index contributed by atoms with van der Waals surface area (Å²) in [5, 5.41) is 3.16. The van der Waals surface area contributed by atoms with E-state index in [0.717, 1.165) is 5.56 Å². The zero-order chi connectivity index (χ0) is 19.3. The first-order valence-electron chi connectivity index (χ1n) is 7.89. The van der Waals surface area contributed by atoms with E-state index in [1.165, 1.54) is 32.2 Å². The van der Waals surface area contributed by atoms with Crippen molar-refractivity contribution < 1.29 is 23.5 Å². The van der Waals surface area contributed by atoms with Gasteiger partial charge >= 0.3 is 5.97 Å². The molecule has 7 heteroatoms. The number of carbonyl (C=O) groups excluding carboxylic acids is 2. The molecule has 0 saturated carbocycles. The van der Waals surface area contributed by atoms with E-state index in [-0.39, 0.29) is 6.42 Å². The van der Waals surface area contributed by atoms with Crippen molar-refractivity contribution in [2.24, 2.45) is 0 Å². The molecule has 2 rings (SSSR count). The second kappa shape index (κ2) is 8.67. The molecule has 138 valence electrons. The predicted octanol–water partition coefficient (Wildman–Crippen LogP) is 3.91. The fraction of sp³-hybridized carbons (Fsp3) is 0.263. The monoisotopic (exact) mass is 379 g/mol. The zero-order valence-corrected chi connectivity index (χ0v) is 15.4. The molecule has 0 aliphatic carbocycles. The Morgan fingerprint density at radius 2 is 2.00 bits per heavy atom. The lowest BCUT2D eigenvalue weighted by molar-refractivity contribution is -0.152. The maximum absolute atomic E-state index is 13.1. The minimum Gasteiger partial charge on any atom is -0.495 e. The lowest BCUT2D eigenvalue weighted by atomic mass is 10.1. The molecule has 0 heterocycles. The second-order valence-corrected chi connectivity index (χ2v) is 6.14. The van der Waals surface area contributed by atoms with Crippen molar-refractivity contribution in [3.8, 4) is 5.75 Å². The number of hydrogen-bond acceptors (Lipinski definition) is 4. The van der Waals surface area contributed by atoms with Gasteiger partial charge in [0.15, 0.2) is 6.10 Å². The Balaban J connectivity index is 1.99. The number of aryl methyl sites for hydroxylation is 1. The topological polar surface area (TPSA) is 64.6 Å². The van der Waals surface area contributed by atoms with Gasteiger partial charge in [-0.1, -0.05) is 23.7 Å². The van der Waals surface area contributed by atoms with Gasteiger partial charge in [0.1, 0.15) is 11.6 Å². The van der Waals surface area contributed by atoms with Crippen LogP contribution in [0.2, 0.25) is 5.02 Å². The van der Waals surface area contributed by atoms with Crippen LogP contribution in [0.1, 0.15) is 18.1 Å². The molecule has 0 unspecified atom stereocenters. The van der Waals surface area contributed by atoms with Gasteiger partial charge in [-0.15, -0.1) is 0 Å². The molecule has 1 amide bonds. The summed E-state index contributed by atoms with van der Waals surface area (Å²) in [5.74, 6) is -1.19. The van der Waals surface area contributed by atoms with Crippen LogP contribution in [0.4, 0.5) is 10.1 Å². The van der Waals surface area contributed by atoms with Crippen LogP contribution >= 0.6 is 11.6 Å². The molecule has 26 heavy (non-hydrogen) atoms. The van der Waals surface area contributed by atoms with Crippen molar-refractivity contribution in [3.63, 3.8) is 0 Å². The van der Waals surface area contributed by atoms with Gasteiger partial charge in [0.05, 0.1) is 19.2 Å². The van der Waals surface area contributed by atoms with E-state index in [1.54, 1.807) is 25.1 Å². The molecule has 0 bridgehead atoms. The predicted molar refractivity (Wildman–Crippen MR) is 97.0 cm³/mol. The molecule has 0 saturated heterocycles. The van der Waals surface area contributed by atoms with Crippen LogP contribution in [0.15, 0.2) is 36.4 Å². The molecule has 0 radical (unpaired) electrons. The molecule has 0 fully saturated rings. The Morgan fingerprint density at radius 3 is 2.65 bits per heavy atom. The summed E-state index contributed by atoms with van der Waals surface area (Å²) in [7, 11) is 1.46. The van der Waals surface area contributed by atoms with E-state index in [0.29, 0.717) is 22.0 Å². The fourth-order valence-electron chi connectivity index (χ4n) is 2.27. The van der Waals surface area contributed by atoms with Crippen molar-refractivity contribution in [3.05, 3.63) is 58.4 Å². The molecular weight excluding hydrogens is 361 g/mol. The quantitative estimate of drug-likeness (QED) is 0.773. The Labute approximate surface area is 156 Å². The van der Waals surface area contributed by atoms with Gasteiger partial charge in [-0.05, 0) is 43.2 Å². The van der Waals surface area contributed by atoms with Crippen LogP contribution < -0.4 is 10.1 Å². The van der Waals surface area contributed by atoms with E-state index in [4.69, 9.17) is 21.1 Å². The molecule has 1 N–H and O–H groups in total. The number of anilines is 1. The second-order valence-electron chi connectivity index (χ2n) is 5.73. The third-order valence-electron chi connectivity index (χ3n) is 3.65. The number of nitrogens with one attached hydrogen (secondary N) is 1. The number of hydrogen-bond donors (Lipinski definition) is 1. The minimum absolute atomic E-state index is 0.126. The molecule has 0 aliphatic heterocycles. The molecule has 0 aliphatic rings. The highest BCUT2D eigenvalue weighted by atomic mass is 35.5. The summed E-state index contributed by atoms with van der Waals surface area (Å²) >= 11 is 6.03. The van der Waals surface area contributed by atoms with Crippen molar-refractivity contribution in [1.82, 2.24) is 0 Å². The highest BCUT2D eigenvalue weighted by Gasteiger charge is 2.20. The van der Waals surface area contributed by atoms with E-state index >= 15 is 0 Å². The van der Waals surface area contributed by atoms with Crippen LogP contribution in [0.3, 0.4) is 0 Å². The van der Waals surface area contributed by atoms with Gasteiger partial charge in [-0.3, -0.25) is 9.59 Å². The Hall–Kier alpha value is -2.60. The van der Waals surface area contributed by atoms with Gasteiger partial charge in [-0.25, -0.2) is 4.39 Å². The number of ether oxygens (including phenoxy) is 2. The normalized spacial score (nSPS) is 11.6. The molecule has 5 nitrogen and oxygen atoms in total. The van der Waals surface area contributed by atoms with Gasteiger partial charge in [-0.2, -0.15) is 0 Å². The van der Waals surface area contributed by atoms with E-state index in [1.807, 2.05) is 0 Å².